The van der Waals surface area contributed by atoms with Crippen LogP contribution in [0.2, 0.25) is 0 Å². The van der Waals surface area contributed by atoms with Crippen molar-refractivity contribution in [1.29, 1.82) is 0 Å². The van der Waals surface area contributed by atoms with Gasteiger partial charge in [0.1, 0.15) is 0 Å². The lowest BCUT2D eigenvalue weighted by Crippen LogP contribution is -2.27. The number of anilines is 4. The van der Waals surface area contributed by atoms with E-state index in [0.717, 1.165) is 34.9 Å². The predicted molar refractivity (Wildman–Crippen MR) is 74.7 cm³/mol. The van der Waals surface area contributed by atoms with E-state index >= 15 is 0 Å². The quantitative estimate of drug-likeness (QED) is 0.732. The molecule has 3 rings (SSSR count). The number of aryl methyl sites for hydroxylation is 1. The summed E-state index contributed by atoms with van der Waals surface area (Å²) in [5.74, 6) is 1.60. The number of aromatic nitrogens is 2. The summed E-state index contributed by atoms with van der Waals surface area (Å²) in [6.45, 7) is 2.03. The molecular weight excluding hydrogens is 240 g/mol. The average Bonchev–Trinajstić information content (AvgIpc) is 2.43. The van der Waals surface area contributed by atoms with Gasteiger partial charge in [0.15, 0.2) is 17.9 Å². The lowest BCUT2D eigenvalue weighted by Gasteiger charge is -2.36. The number of hydrogen-bond acceptors (Lipinski definition) is 5. The van der Waals surface area contributed by atoms with Crippen LogP contribution < -0.4 is 9.80 Å². The smallest absolute Gasteiger partial charge is 0.158 e. The van der Waals surface area contributed by atoms with E-state index in [1.54, 1.807) is 18.5 Å². The van der Waals surface area contributed by atoms with E-state index in [4.69, 9.17) is 0 Å². The summed E-state index contributed by atoms with van der Waals surface area (Å²) >= 11 is 0. The van der Waals surface area contributed by atoms with Crippen molar-refractivity contribution in [1.82, 2.24) is 9.97 Å². The minimum atomic E-state index is 0.633. The van der Waals surface area contributed by atoms with Crippen LogP contribution >= 0.6 is 0 Å². The number of carbonyl (C=O) groups excluding carboxylic acids is 1. The molecule has 0 N–H and O–H groups in total. The van der Waals surface area contributed by atoms with Gasteiger partial charge in [0, 0.05) is 32.1 Å². The highest BCUT2D eigenvalue weighted by Gasteiger charge is 2.29. The Morgan fingerprint density at radius 2 is 1.63 bits per heavy atom. The molecule has 2 aromatic rings. The van der Waals surface area contributed by atoms with Crippen LogP contribution in [0.5, 0.6) is 0 Å². The van der Waals surface area contributed by atoms with Gasteiger partial charge in [-0.25, -0.2) is 9.97 Å². The second-order valence-electron chi connectivity index (χ2n) is 4.61. The van der Waals surface area contributed by atoms with Gasteiger partial charge in [-0.1, -0.05) is 0 Å². The van der Waals surface area contributed by atoms with Gasteiger partial charge in [-0.15, -0.1) is 0 Å². The third kappa shape index (κ3) is 1.51. The summed E-state index contributed by atoms with van der Waals surface area (Å²) in [5.41, 5.74) is 3.58. The normalized spacial score (nSPS) is 13.0. The summed E-state index contributed by atoms with van der Waals surface area (Å²) in [6.07, 6.45) is 4.29. The molecule has 0 fully saturated rings. The SMILES string of the molecule is Cc1ccnc2c1N(C)c1c(C=O)ccnc1N2C. The number of rotatable bonds is 1. The van der Waals surface area contributed by atoms with Gasteiger partial charge in [-0.2, -0.15) is 0 Å². The van der Waals surface area contributed by atoms with Gasteiger partial charge < -0.3 is 9.80 Å². The molecule has 5 heteroatoms. The van der Waals surface area contributed by atoms with Crippen LogP contribution in [-0.4, -0.2) is 30.3 Å². The fourth-order valence-corrected chi connectivity index (χ4v) is 2.55. The Morgan fingerprint density at radius 3 is 2.32 bits per heavy atom. The maximum atomic E-state index is 11.2. The zero-order valence-corrected chi connectivity index (χ0v) is 11.1. The van der Waals surface area contributed by atoms with Crippen molar-refractivity contribution in [2.24, 2.45) is 0 Å². The van der Waals surface area contributed by atoms with E-state index in [-0.39, 0.29) is 0 Å². The second-order valence-corrected chi connectivity index (χ2v) is 4.61. The third-order valence-electron chi connectivity index (χ3n) is 3.48. The Labute approximate surface area is 111 Å². The molecule has 5 nitrogen and oxygen atoms in total. The second kappa shape index (κ2) is 4.05. The minimum Gasteiger partial charge on any atom is -0.338 e. The lowest BCUT2D eigenvalue weighted by molar-refractivity contribution is 0.112. The van der Waals surface area contributed by atoms with Gasteiger partial charge in [0.05, 0.1) is 11.4 Å². The third-order valence-corrected chi connectivity index (χ3v) is 3.48. The zero-order valence-electron chi connectivity index (χ0n) is 11.1. The van der Waals surface area contributed by atoms with Crippen LogP contribution in [0.3, 0.4) is 0 Å². The van der Waals surface area contributed by atoms with E-state index in [1.165, 1.54) is 0 Å². The van der Waals surface area contributed by atoms with Crippen molar-refractivity contribution in [3.05, 3.63) is 35.7 Å². The monoisotopic (exact) mass is 254 g/mol. The molecular formula is C14H14N4O. The van der Waals surface area contributed by atoms with E-state index < -0.39 is 0 Å². The average molecular weight is 254 g/mol. The van der Waals surface area contributed by atoms with Gasteiger partial charge in [-0.3, -0.25) is 4.79 Å². The summed E-state index contributed by atoms with van der Waals surface area (Å²) in [7, 11) is 3.85. The molecule has 0 atom stereocenters. The summed E-state index contributed by atoms with van der Waals surface area (Å²) in [6, 6.07) is 3.69. The zero-order chi connectivity index (χ0) is 13.6. The van der Waals surface area contributed by atoms with Crippen molar-refractivity contribution in [2.45, 2.75) is 6.92 Å². The fraction of sp³-hybridized carbons (Fsp3) is 0.214. The number of nitrogens with zero attached hydrogens (tertiary/aromatic N) is 4. The number of pyridine rings is 2. The molecule has 0 saturated heterocycles. The Bertz CT molecular complexity index is 668. The first kappa shape index (κ1) is 11.6. The van der Waals surface area contributed by atoms with Crippen molar-refractivity contribution in [3.63, 3.8) is 0 Å². The number of fused-ring (bicyclic) bond motifs is 2. The molecule has 0 aliphatic carbocycles. The highest BCUT2D eigenvalue weighted by molar-refractivity contribution is 5.98. The van der Waals surface area contributed by atoms with Gasteiger partial charge >= 0.3 is 0 Å². The number of hydrogen-bond donors (Lipinski definition) is 0. The molecule has 0 amide bonds. The molecule has 0 radical (unpaired) electrons. The molecule has 0 unspecified atom stereocenters. The first-order chi connectivity index (χ1) is 9.15. The minimum absolute atomic E-state index is 0.633. The predicted octanol–water partition coefficient (Wildman–Crippen LogP) is 2.45. The molecule has 96 valence electrons. The van der Waals surface area contributed by atoms with Gasteiger partial charge in [0.2, 0.25) is 0 Å². The Balaban J connectivity index is 2.33. The van der Waals surface area contributed by atoms with Crippen LogP contribution in [0.25, 0.3) is 0 Å². The van der Waals surface area contributed by atoms with Crippen LogP contribution in [0.15, 0.2) is 24.5 Å². The molecule has 3 heterocycles. The van der Waals surface area contributed by atoms with Gasteiger partial charge in [-0.05, 0) is 24.6 Å². The fourth-order valence-electron chi connectivity index (χ4n) is 2.55. The van der Waals surface area contributed by atoms with E-state index in [0.29, 0.717) is 5.56 Å². The standard InChI is InChI=1S/C14H14N4O/c1-9-4-6-15-13-11(9)17(2)12-10(8-19)5-7-16-14(12)18(13)3/h4-8H,1-3H3. The molecule has 2 aromatic heterocycles. The van der Waals surface area contributed by atoms with Crippen LogP contribution in [0.1, 0.15) is 15.9 Å². The molecule has 1 aliphatic rings. The van der Waals surface area contributed by atoms with Crippen molar-refractivity contribution in [3.8, 4) is 0 Å². The number of carbonyl (C=O) groups is 1. The highest BCUT2D eigenvalue weighted by Crippen LogP contribution is 2.46. The molecule has 19 heavy (non-hydrogen) atoms. The summed E-state index contributed by atoms with van der Waals surface area (Å²) in [5, 5.41) is 0. The first-order valence-corrected chi connectivity index (χ1v) is 6.02. The molecule has 1 aliphatic heterocycles. The topological polar surface area (TPSA) is 49.3 Å². The Kier molecular flexibility index (Phi) is 2.48. The van der Waals surface area contributed by atoms with Gasteiger partial charge in [0.25, 0.3) is 0 Å². The van der Waals surface area contributed by atoms with Crippen LogP contribution in [-0.2, 0) is 0 Å². The van der Waals surface area contributed by atoms with Crippen molar-refractivity contribution >= 4 is 29.3 Å². The Hall–Kier alpha value is -2.43. The molecule has 0 spiro atoms. The first-order valence-electron chi connectivity index (χ1n) is 6.02. The Morgan fingerprint density at radius 1 is 1.00 bits per heavy atom. The van der Waals surface area contributed by atoms with Crippen LogP contribution in [0, 0.1) is 6.92 Å². The highest BCUT2D eigenvalue weighted by atomic mass is 16.1. The van der Waals surface area contributed by atoms with Crippen molar-refractivity contribution < 1.29 is 4.79 Å². The number of aldehydes is 1. The molecule has 0 aromatic carbocycles. The maximum absolute atomic E-state index is 11.2. The van der Waals surface area contributed by atoms with E-state index in [9.17, 15) is 4.79 Å². The summed E-state index contributed by atoms with van der Waals surface area (Å²) in [4.78, 5) is 23.9. The largest absolute Gasteiger partial charge is 0.338 e. The molecule has 0 saturated carbocycles. The van der Waals surface area contributed by atoms with Crippen molar-refractivity contribution in [2.75, 3.05) is 23.9 Å². The lowest BCUT2D eigenvalue weighted by atomic mass is 10.1. The van der Waals surface area contributed by atoms with E-state index in [1.807, 2.05) is 36.9 Å². The maximum Gasteiger partial charge on any atom is 0.158 e. The van der Waals surface area contributed by atoms with Crippen LogP contribution in [0.4, 0.5) is 23.0 Å². The molecule has 0 bridgehead atoms. The van der Waals surface area contributed by atoms with E-state index in [2.05, 4.69) is 9.97 Å². The summed E-state index contributed by atoms with van der Waals surface area (Å²) < 4.78 is 0.